The third kappa shape index (κ3) is 3.88. The number of nitrogens with zero attached hydrogens (tertiary/aromatic N) is 1. The van der Waals surface area contributed by atoms with E-state index in [0.717, 1.165) is 10.5 Å². The first-order valence-corrected chi connectivity index (χ1v) is 11.8. The van der Waals surface area contributed by atoms with Crippen LogP contribution in [0.25, 0.3) is 0 Å². The number of thioether (sulfide) groups is 1. The van der Waals surface area contributed by atoms with E-state index < -0.39 is 10.0 Å². The van der Waals surface area contributed by atoms with Gasteiger partial charge in [0.2, 0.25) is 0 Å². The zero-order valence-electron chi connectivity index (χ0n) is 15.8. The third-order valence-corrected chi connectivity index (χ3v) is 7.39. The van der Waals surface area contributed by atoms with Gasteiger partial charge < -0.3 is 5.32 Å². The zero-order chi connectivity index (χ0) is 20.4. The Morgan fingerprint density at radius 2 is 1.79 bits per heavy atom. The number of carbonyl (C=O) groups is 1. The second kappa shape index (κ2) is 7.93. The Morgan fingerprint density at radius 1 is 1.00 bits per heavy atom. The number of benzene rings is 3. The predicted molar refractivity (Wildman–Crippen MR) is 117 cm³/mol. The van der Waals surface area contributed by atoms with E-state index in [-0.39, 0.29) is 10.8 Å². The fourth-order valence-corrected chi connectivity index (χ4v) is 5.40. The van der Waals surface area contributed by atoms with E-state index >= 15 is 0 Å². The smallest absolute Gasteiger partial charge is 0.264 e. The first-order valence-electron chi connectivity index (χ1n) is 9.15. The molecular formula is C22H20N2O3S2. The molecule has 0 aliphatic carbocycles. The highest BCUT2D eigenvalue weighted by Gasteiger charge is 2.30. The van der Waals surface area contributed by atoms with Crippen LogP contribution in [-0.2, 0) is 16.4 Å². The van der Waals surface area contributed by atoms with E-state index in [2.05, 4.69) is 5.32 Å². The molecule has 148 valence electrons. The number of hydrogen-bond donors (Lipinski definition) is 1. The molecular weight excluding hydrogens is 404 g/mol. The topological polar surface area (TPSA) is 66.5 Å². The monoisotopic (exact) mass is 424 g/mol. The molecule has 0 saturated heterocycles. The summed E-state index contributed by atoms with van der Waals surface area (Å²) in [7, 11) is -3.74. The average molecular weight is 425 g/mol. The summed E-state index contributed by atoms with van der Waals surface area (Å²) in [5, 5.41) is 2.84. The average Bonchev–Trinajstić information content (AvgIpc) is 3.19. The lowest BCUT2D eigenvalue weighted by Crippen LogP contribution is -2.29. The van der Waals surface area contributed by atoms with Crippen LogP contribution in [-0.4, -0.2) is 27.1 Å². The number of para-hydroxylation sites is 1. The quantitative estimate of drug-likeness (QED) is 0.616. The summed E-state index contributed by atoms with van der Waals surface area (Å²) in [6.45, 7) is 0.402. The summed E-state index contributed by atoms with van der Waals surface area (Å²) >= 11 is 1.58. The van der Waals surface area contributed by atoms with E-state index in [1.54, 1.807) is 30.0 Å². The molecule has 3 aromatic carbocycles. The number of anilines is 2. The first kappa shape index (κ1) is 19.5. The van der Waals surface area contributed by atoms with Gasteiger partial charge in [0.15, 0.2) is 0 Å². The van der Waals surface area contributed by atoms with Crippen molar-refractivity contribution in [2.24, 2.45) is 0 Å². The normalized spacial score (nSPS) is 13.2. The Labute approximate surface area is 174 Å². The van der Waals surface area contributed by atoms with Crippen LogP contribution < -0.4 is 9.62 Å². The molecule has 1 aliphatic heterocycles. The molecule has 5 nitrogen and oxygen atoms in total. The molecule has 7 heteroatoms. The number of nitrogens with one attached hydrogen (secondary N) is 1. The van der Waals surface area contributed by atoms with Crippen LogP contribution in [0.2, 0.25) is 0 Å². The molecule has 1 N–H and O–H groups in total. The van der Waals surface area contributed by atoms with Crippen LogP contribution in [0.3, 0.4) is 0 Å². The Hall–Kier alpha value is -2.77. The molecule has 0 saturated carbocycles. The van der Waals surface area contributed by atoms with Crippen LogP contribution in [0, 0.1) is 0 Å². The molecule has 0 atom stereocenters. The number of carbonyl (C=O) groups excluding carboxylic acids is 1. The van der Waals surface area contributed by atoms with Gasteiger partial charge in [-0.05, 0) is 60.7 Å². The van der Waals surface area contributed by atoms with Crippen molar-refractivity contribution >= 4 is 39.1 Å². The van der Waals surface area contributed by atoms with E-state index in [1.165, 1.54) is 16.4 Å². The Bertz CT molecular complexity index is 1180. The van der Waals surface area contributed by atoms with Crippen LogP contribution in [0.5, 0.6) is 0 Å². The molecule has 0 bridgehead atoms. The number of amides is 1. The minimum Gasteiger partial charge on any atom is -0.322 e. The third-order valence-electron chi connectivity index (χ3n) is 4.86. The van der Waals surface area contributed by atoms with Crippen LogP contribution >= 0.6 is 11.8 Å². The van der Waals surface area contributed by atoms with E-state index in [1.807, 2.05) is 48.7 Å². The Kier molecular flexibility index (Phi) is 5.34. The Balaban J connectivity index is 1.61. The van der Waals surface area contributed by atoms with Crippen molar-refractivity contribution in [3.63, 3.8) is 0 Å². The van der Waals surface area contributed by atoms with Gasteiger partial charge >= 0.3 is 0 Å². The van der Waals surface area contributed by atoms with Crippen LogP contribution in [0.1, 0.15) is 15.9 Å². The van der Waals surface area contributed by atoms with Crippen molar-refractivity contribution in [1.29, 1.82) is 0 Å². The highest BCUT2D eigenvalue weighted by molar-refractivity contribution is 7.98. The Morgan fingerprint density at radius 3 is 2.62 bits per heavy atom. The van der Waals surface area contributed by atoms with Crippen molar-refractivity contribution in [2.45, 2.75) is 16.2 Å². The molecule has 3 aromatic rings. The lowest BCUT2D eigenvalue weighted by molar-refractivity contribution is 0.102. The van der Waals surface area contributed by atoms with Gasteiger partial charge in [-0.15, -0.1) is 11.8 Å². The van der Waals surface area contributed by atoms with Crippen LogP contribution in [0.15, 0.2) is 82.6 Å². The summed E-state index contributed by atoms with van der Waals surface area (Å²) < 4.78 is 27.8. The highest BCUT2D eigenvalue weighted by Crippen LogP contribution is 2.32. The molecule has 0 unspecified atom stereocenters. The second-order valence-electron chi connectivity index (χ2n) is 6.67. The molecule has 4 rings (SSSR count). The van der Waals surface area contributed by atoms with E-state index in [4.69, 9.17) is 0 Å². The molecule has 1 aliphatic rings. The molecule has 1 amide bonds. The molecule has 0 radical (unpaired) electrons. The summed E-state index contributed by atoms with van der Waals surface area (Å²) in [6, 6.07) is 21.2. The highest BCUT2D eigenvalue weighted by atomic mass is 32.2. The minimum absolute atomic E-state index is 0.111. The lowest BCUT2D eigenvalue weighted by atomic mass is 10.2. The van der Waals surface area contributed by atoms with Crippen molar-refractivity contribution in [2.75, 3.05) is 22.4 Å². The molecule has 29 heavy (non-hydrogen) atoms. The summed E-state index contributed by atoms with van der Waals surface area (Å²) in [5.74, 6) is -0.345. The number of rotatable bonds is 5. The molecule has 0 aromatic heterocycles. The SMILES string of the molecule is CSc1cccc(NC(=O)c2cccc(S(=O)(=O)N3CCc4ccccc43)c2)c1. The summed E-state index contributed by atoms with van der Waals surface area (Å²) in [6.07, 6.45) is 2.65. The van der Waals surface area contributed by atoms with Gasteiger partial charge in [-0.3, -0.25) is 9.10 Å². The maximum absolute atomic E-state index is 13.2. The number of fused-ring (bicyclic) bond motifs is 1. The van der Waals surface area contributed by atoms with Crippen molar-refractivity contribution in [1.82, 2.24) is 0 Å². The van der Waals surface area contributed by atoms with Crippen molar-refractivity contribution in [3.05, 3.63) is 83.9 Å². The summed E-state index contributed by atoms with van der Waals surface area (Å²) in [4.78, 5) is 13.8. The van der Waals surface area contributed by atoms with Gasteiger partial charge in [0.05, 0.1) is 10.6 Å². The van der Waals surface area contributed by atoms with Gasteiger partial charge in [-0.25, -0.2) is 8.42 Å². The van der Waals surface area contributed by atoms with Gasteiger partial charge in [0, 0.05) is 22.7 Å². The van der Waals surface area contributed by atoms with Gasteiger partial charge in [0.25, 0.3) is 15.9 Å². The largest absolute Gasteiger partial charge is 0.322 e. The fraction of sp³-hybridized carbons (Fsp3) is 0.136. The van der Waals surface area contributed by atoms with Gasteiger partial charge in [-0.2, -0.15) is 0 Å². The molecule has 1 heterocycles. The standard InChI is InChI=1S/C22H20N2O3S2/c1-28-19-9-5-8-18(15-19)23-22(25)17-7-4-10-20(14-17)29(26,27)24-13-12-16-6-2-3-11-21(16)24/h2-11,14-15H,12-13H2,1H3,(H,23,25). The first-order chi connectivity index (χ1) is 14.0. The van der Waals surface area contributed by atoms with E-state index in [0.29, 0.717) is 29.9 Å². The fourth-order valence-electron chi connectivity index (χ4n) is 3.39. The van der Waals surface area contributed by atoms with Crippen molar-refractivity contribution < 1.29 is 13.2 Å². The van der Waals surface area contributed by atoms with Gasteiger partial charge in [0.1, 0.15) is 0 Å². The second-order valence-corrected chi connectivity index (χ2v) is 9.41. The zero-order valence-corrected chi connectivity index (χ0v) is 17.5. The van der Waals surface area contributed by atoms with Gasteiger partial charge in [-0.1, -0.05) is 30.3 Å². The van der Waals surface area contributed by atoms with Crippen LogP contribution in [0.4, 0.5) is 11.4 Å². The number of sulfonamides is 1. The lowest BCUT2D eigenvalue weighted by Gasteiger charge is -2.20. The van der Waals surface area contributed by atoms with Crippen molar-refractivity contribution in [3.8, 4) is 0 Å². The predicted octanol–water partition coefficient (Wildman–Crippen LogP) is 4.41. The summed E-state index contributed by atoms with van der Waals surface area (Å²) in [5.41, 5.74) is 2.69. The number of hydrogen-bond acceptors (Lipinski definition) is 4. The molecule has 0 fully saturated rings. The molecule has 0 spiro atoms. The maximum atomic E-state index is 13.2. The minimum atomic E-state index is -3.74. The maximum Gasteiger partial charge on any atom is 0.264 e. The van der Waals surface area contributed by atoms with E-state index in [9.17, 15) is 13.2 Å².